The third-order valence-corrected chi connectivity index (χ3v) is 4.34. The summed E-state index contributed by atoms with van der Waals surface area (Å²) in [4.78, 5) is 2.32. The lowest BCUT2D eigenvalue weighted by molar-refractivity contribution is 0.321. The number of halogens is 1. The van der Waals surface area contributed by atoms with E-state index in [1.807, 2.05) is 13.0 Å². The fourth-order valence-electron chi connectivity index (χ4n) is 3.00. The summed E-state index contributed by atoms with van der Waals surface area (Å²) in [6.45, 7) is 6.48. The second-order valence-corrected chi connectivity index (χ2v) is 5.90. The molecule has 1 aromatic carbocycles. The topological polar surface area (TPSA) is 24.5 Å². The van der Waals surface area contributed by atoms with Crippen LogP contribution in [0, 0.1) is 11.7 Å². The van der Waals surface area contributed by atoms with E-state index in [2.05, 4.69) is 17.1 Å². The van der Waals surface area contributed by atoms with E-state index in [-0.39, 0.29) is 5.82 Å². The maximum absolute atomic E-state index is 14.0. The Balaban J connectivity index is 1.77. The largest absolute Gasteiger partial charge is 0.491 e. The van der Waals surface area contributed by atoms with Gasteiger partial charge in [-0.15, -0.1) is 0 Å². The van der Waals surface area contributed by atoms with Crippen LogP contribution in [0.3, 0.4) is 0 Å². The third-order valence-electron chi connectivity index (χ3n) is 4.34. The van der Waals surface area contributed by atoms with E-state index in [9.17, 15) is 4.39 Å². The van der Waals surface area contributed by atoms with Gasteiger partial charge in [0, 0.05) is 36.9 Å². The van der Waals surface area contributed by atoms with Crippen LogP contribution >= 0.6 is 0 Å². The first-order valence-corrected chi connectivity index (χ1v) is 7.61. The van der Waals surface area contributed by atoms with E-state index < -0.39 is 0 Å². The van der Waals surface area contributed by atoms with Gasteiger partial charge in [-0.3, -0.25) is 0 Å². The predicted octanol–water partition coefficient (Wildman–Crippen LogP) is 2.80. The quantitative estimate of drug-likeness (QED) is 0.916. The Kier molecular flexibility index (Phi) is 3.83. The minimum Gasteiger partial charge on any atom is -0.491 e. The lowest BCUT2D eigenvalue weighted by Gasteiger charge is -2.40. The van der Waals surface area contributed by atoms with Crippen LogP contribution in [-0.2, 0) is 0 Å². The number of ether oxygens (including phenoxy) is 1. The van der Waals surface area contributed by atoms with Crippen molar-refractivity contribution in [2.24, 2.45) is 5.92 Å². The lowest BCUT2D eigenvalue weighted by Crippen LogP contribution is -2.56. The minimum absolute atomic E-state index is 0.266. The highest BCUT2D eigenvalue weighted by atomic mass is 19.1. The van der Waals surface area contributed by atoms with Crippen molar-refractivity contribution in [3.8, 4) is 5.75 Å². The Morgan fingerprint density at radius 3 is 2.85 bits per heavy atom. The summed E-state index contributed by atoms with van der Waals surface area (Å²) in [6, 6.07) is 6.27. The lowest BCUT2D eigenvalue weighted by atomic mass is 10.1. The number of nitrogens with zero attached hydrogens (tertiary/aromatic N) is 1. The van der Waals surface area contributed by atoms with Crippen molar-refractivity contribution < 1.29 is 9.13 Å². The number of benzene rings is 1. The van der Waals surface area contributed by atoms with E-state index in [1.54, 1.807) is 12.1 Å². The molecule has 2 aliphatic rings. The first-order chi connectivity index (χ1) is 9.69. The van der Waals surface area contributed by atoms with Gasteiger partial charge in [0.15, 0.2) is 11.6 Å². The molecule has 1 heterocycles. The maximum atomic E-state index is 14.0. The Hall–Kier alpha value is -1.29. The van der Waals surface area contributed by atoms with Gasteiger partial charge in [-0.05, 0) is 44.7 Å². The number of rotatable bonds is 4. The average molecular weight is 278 g/mol. The van der Waals surface area contributed by atoms with Crippen molar-refractivity contribution in [3.63, 3.8) is 0 Å². The molecule has 1 aliphatic heterocycles. The van der Waals surface area contributed by atoms with Crippen molar-refractivity contribution >= 4 is 5.69 Å². The molecular formula is C16H23FN2O. The van der Waals surface area contributed by atoms with Gasteiger partial charge in [0.05, 0.1) is 6.61 Å². The summed E-state index contributed by atoms with van der Waals surface area (Å²) in [5.41, 5.74) is 0.964. The van der Waals surface area contributed by atoms with E-state index in [0.717, 1.165) is 24.7 Å². The minimum atomic E-state index is -0.266. The van der Waals surface area contributed by atoms with Crippen LogP contribution in [0.1, 0.15) is 26.7 Å². The molecule has 3 nitrogen and oxygen atoms in total. The maximum Gasteiger partial charge on any atom is 0.167 e. The number of hydrogen-bond acceptors (Lipinski definition) is 3. The van der Waals surface area contributed by atoms with Gasteiger partial charge in [-0.2, -0.15) is 0 Å². The first-order valence-electron chi connectivity index (χ1n) is 7.61. The van der Waals surface area contributed by atoms with Crippen LogP contribution in [0.4, 0.5) is 10.1 Å². The standard InChI is InChI=1S/C16H23FN2O/c1-3-20-16-7-6-13(8-14(16)17)19-10-15(12-4-5-12)18-9-11(19)2/h6-8,11-12,15,18H,3-5,9-10H2,1-2H3. The van der Waals surface area contributed by atoms with Crippen LogP contribution < -0.4 is 15.0 Å². The monoisotopic (exact) mass is 278 g/mol. The van der Waals surface area contributed by atoms with Crippen molar-refractivity contribution in [2.75, 3.05) is 24.6 Å². The smallest absolute Gasteiger partial charge is 0.167 e. The van der Waals surface area contributed by atoms with Crippen LogP contribution in [0.25, 0.3) is 0 Å². The molecule has 1 aliphatic carbocycles. The molecule has 0 radical (unpaired) electrons. The van der Waals surface area contributed by atoms with E-state index in [1.165, 1.54) is 12.8 Å². The SMILES string of the molecule is CCOc1ccc(N2CC(C3CC3)NCC2C)cc1F. The molecule has 0 bridgehead atoms. The molecule has 0 spiro atoms. The Morgan fingerprint density at radius 1 is 1.40 bits per heavy atom. The van der Waals surface area contributed by atoms with Crippen LogP contribution in [-0.4, -0.2) is 31.8 Å². The number of nitrogens with one attached hydrogen (secondary N) is 1. The summed E-state index contributed by atoms with van der Waals surface area (Å²) in [5, 5.41) is 3.62. The molecule has 20 heavy (non-hydrogen) atoms. The number of hydrogen-bond donors (Lipinski definition) is 1. The first kappa shape index (κ1) is 13.7. The Morgan fingerprint density at radius 2 is 2.20 bits per heavy atom. The van der Waals surface area contributed by atoms with Gasteiger partial charge in [-0.1, -0.05) is 0 Å². The molecule has 0 aromatic heterocycles. The zero-order chi connectivity index (χ0) is 14.1. The van der Waals surface area contributed by atoms with Gasteiger partial charge in [0.1, 0.15) is 0 Å². The van der Waals surface area contributed by atoms with Crippen molar-refractivity contribution in [1.29, 1.82) is 0 Å². The van der Waals surface area contributed by atoms with E-state index in [4.69, 9.17) is 4.74 Å². The summed E-state index contributed by atoms with van der Waals surface area (Å²) >= 11 is 0. The summed E-state index contributed by atoms with van der Waals surface area (Å²) in [6.07, 6.45) is 2.66. The fraction of sp³-hybridized carbons (Fsp3) is 0.625. The number of piperazine rings is 1. The van der Waals surface area contributed by atoms with E-state index in [0.29, 0.717) is 24.4 Å². The van der Waals surface area contributed by atoms with Crippen LogP contribution in [0.15, 0.2) is 18.2 Å². The molecule has 1 saturated heterocycles. The van der Waals surface area contributed by atoms with Crippen LogP contribution in [0.5, 0.6) is 5.75 Å². The molecule has 2 fully saturated rings. The summed E-state index contributed by atoms with van der Waals surface area (Å²) in [5.74, 6) is 0.897. The van der Waals surface area contributed by atoms with Crippen molar-refractivity contribution in [3.05, 3.63) is 24.0 Å². The summed E-state index contributed by atoms with van der Waals surface area (Å²) in [7, 11) is 0. The van der Waals surface area contributed by atoms with Gasteiger partial charge >= 0.3 is 0 Å². The zero-order valence-corrected chi connectivity index (χ0v) is 12.2. The van der Waals surface area contributed by atoms with Gasteiger partial charge in [0.2, 0.25) is 0 Å². The second-order valence-electron chi connectivity index (χ2n) is 5.90. The fourth-order valence-corrected chi connectivity index (χ4v) is 3.00. The Labute approximate surface area is 120 Å². The molecule has 1 N–H and O–H groups in total. The second kappa shape index (κ2) is 5.60. The van der Waals surface area contributed by atoms with Gasteiger partial charge in [0.25, 0.3) is 0 Å². The van der Waals surface area contributed by atoms with E-state index >= 15 is 0 Å². The molecule has 2 unspecified atom stereocenters. The summed E-state index contributed by atoms with van der Waals surface area (Å²) < 4.78 is 19.3. The van der Waals surface area contributed by atoms with Gasteiger partial charge < -0.3 is 15.0 Å². The highest BCUT2D eigenvalue weighted by molar-refractivity contribution is 5.51. The highest BCUT2D eigenvalue weighted by Crippen LogP contribution is 2.35. The number of anilines is 1. The predicted molar refractivity (Wildman–Crippen MR) is 78.9 cm³/mol. The molecular weight excluding hydrogens is 255 g/mol. The van der Waals surface area contributed by atoms with Crippen molar-refractivity contribution in [2.45, 2.75) is 38.8 Å². The molecule has 1 saturated carbocycles. The zero-order valence-electron chi connectivity index (χ0n) is 12.2. The van der Waals surface area contributed by atoms with Crippen molar-refractivity contribution in [1.82, 2.24) is 5.32 Å². The molecule has 4 heteroatoms. The molecule has 2 atom stereocenters. The molecule has 3 rings (SSSR count). The average Bonchev–Trinajstić information content (AvgIpc) is 3.26. The van der Waals surface area contributed by atoms with Crippen LogP contribution in [0.2, 0.25) is 0 Å². The molecule has 0 amide bonds. The third kappa shape index (κ3) is 2.75. The highest BCUT2D eigenvalue weighted by Gasteiger charge is 2.36. The van der Waals surface area contributed by atoms with Gasteiger partial charge in [-0.25, -0.2) is 4.39 Å². The Bertz CT molecular complexity index is 476. The normalized spacial score (nSPS) is 26.6. The molecule has 1 aromatic rings. The molecule has 110 valence electrons.